The van der Waals surface area contributed by atoms with Crippen molar-refractivity contribution in [3.8, 4) is 0 Å². The van der Waals surface area contributed by atoms with Gasteiger partial charge >= 0.3 is 0 Å². The molecule has 0 unspecified atom stereocenters. The van der Waals surface area contributed by atoms with Gasteiger partial charge in [0.25, 0.3) is 5.69 Å². The highest BCUT2D eigenvalue weighted by Gasteiger charge is 2.17. The summed E-state index contributed by atoms with van der Waals surface area (Å²) in [5.74, 6) is 0.459. The minimum absolute atomic E-state index is 0.134. The summed E-state index contributed by atoms with van der Waals surface area (Å²) in [4.78, 5) is 9.91. The Kier molecular flexibility index (Phi) is 5.11. The third-order valence-electron chi connectivity index (χ3n) is 2.63. The number of benzene rings is 1. The zero-order chi connectivity index (χ0) is 16.2. The number of nitro groups is 1. The average Bonchev–Trinajstić information content (AvgIpc) is 2.89. The molecule has 9 nitrogen and oxygen atoms in total. The Labute approximate surface area is 130 Å². The number of nitrogens with zero attached hydrogens (tertiary/aromatic N) is 4. The first-order chi connectivity index (χ1) is 10.4. The summed E-state index contributed by atoms with van der Waals surface area (Å²) in [5.41, 5.74) is -0.267. The van der Waals surface area contributed by atoms with Gasteiger partial charge in [-0.2, -0.15) is 0 Å². The third-order valence-corrected chi connectivity index (χ3v) is 5.13. The zero-order valence-corrected chi connectivity index (χ0v) is 13.2. The second kappa shape index (κ2) is 6.85. The zero-order valence-electron chi connectivity index (χ0n) is 11.5. The second-order valence-corrected chi connectivity index (χ2v) is 7.05. The summed E-state index contributed by atoms with van der Waals surface area (Å²) in [7, 11) is -1.99. The molecule has 1 aromatic carbocycles. The summed E-state index contributed by atoms with van der Waals surface area (Å²) in [5, 5.41) is 18.9. The van der Waals surface area contributed by atoms with Crippen LogP contribution >= 0.6 is 11.8 Å². The Morgan fingerprint density at radius 1 is 1.45 bits per heavy atom. The molecule has 0 fully saturated rings. The van der Waals surface area contributed by atoms with E-state index in [9.17, 15) is 18.5 Å². The lowest BCUT2D eigenvalue weighted by molar-refractivity contribution is -0.385. The molecule has 2 aromatic rings. The van der Waals surface area contributed by atoms with Crippen LogP contribution in [0.2, 0.25) is 0 Å². The number of hydrogen-bond donors (Lipinski definition) is 1. The predicted octanol–water partition coefficient (Wildman–Crippen LogP) is 0.794. The lowest BCUT2D eigenvalue weighted by atomic mass is 10.3. The molecule has 0 radical (unpaired) electrons. The van der Waals surface area contributed by atoms with Crippen molar-refractivity contribution in [1.29, 1.82) is 0 Å². The van der Waals surface area contributed by atoms with Gasteiger partial charge in [0.2, 0.25) is 10.0 Å². The van der Waals surface area contributed by atoms with Gasteiger partial charge in [-0.3, -0.25) is 10.1 Å². The van der Waals surface area contributed by atoms with Crippen molar-refractivity contribution >= 4 is 27.5 Å². The molecule has 11 heteroatoms. The highest BCUT2D eigenvalue weighted by atomic mass is 32.2. The maximum absolute atomic E-state index is 12.1. The molecule has 0 aliphatic heterocycles. The molecule has 0 aliphatic rings. The summed E-state index contributed by atoms with van der Waals surface area (Å²) in [6.07, 6.45) is 1.55. The lowest BCUT2D eigenvalue weighted by Gasteiger charge is -2.06. The van der Waals surface area contributed by atoms with Crippen molar-refractivity contribution in [2.75, 3.05) is 12.3 Å². The number of aromatic nitrogens is 3. The fourth-order valence-electron chi connectivity index (χ4n) is 1.57. The molecule has 0 spiro atoms. The minimum Gasteiger partial charge on any atom is -0.312 e. The smallest absolute Gasteiger partial charge is 0.270 e. The van der Waals surface area contributed by atoms with Crippen molar-refractivity contribution in [1.82, 2.24) is 19.5 Å². The van der Waals surface area contributed by atoms with Crippen LogP contribution in [0.4, 0.5) is 5.69 Å². The van der Waals surface area contributed by atoms with E-state index >= 15 is 0 Å². The van der Waals surface area contributed by atoms with Crippen LogP contribution in [0.1, 0.15) is 0 Å². The van der Waals surface area contributed by atoms with Gasteiger partial charge in [-0.15, -0.1) is 10.2 Å². The number of thioether (sulfide) groups is 1. The van der Waals surface area contributed by atoms with E-state index in [0.29, 0.717) is 10.9 Å². The van der Waals surface area contributed by atoms with Gasteiger partial charge in [-0.1, -0.05) is 17.8 Å². The van der Waals surface area contributed by atoms with Crippen LogP contribution in [-0.4, -0.2) is 40.4 Å². The SMILES string of the molecule is Cn1cnnc1SCCNS(=O)(=O)c1cccc([N+](=O)[O-])c1. The standard InChI is InChI=1S/C11H13N5O4S2/c1-15-8-12-14-11(15)21-6-5-13-22(19,20)10-4-2-3-9(7-10)16(17)18/h2-4,7-8,13H,5-6H2,1H3. The van der Waals surface area contributed by atoms with E-state index in [1.165, 1.54) is 30.0 Å². The first-order valence-corrected chi connectivity index (χ1v) is 8.58. The summed E-state index contributed by atoms with van der Waals surface area (Å²) in [6.45, 7) is 0.169. The summed E-state index contributed by atoms with van der Waals surface area (Å²) < 4.78 is 28.2. The van der Waals surface area contributed by atoms with Crippen LogP contribution in [0.3, 0.4) is 0 Å². The van der Waals surface area contributed by atoms with Crippen LogP contribution in [0.15, 0.2) is 40.6 Å². The fraction of sp³-hybridized carbons (Fsp3) is 0.273. The first-order valence-electron chi connectivity index (χ1n) is 6.11. The van der Waals surface area contributed by atoms with E-state index < -0.39 is 14.9 Å². The minimum atomic E-state index is -3.78. The molecule has 1 N–H and O–H groups in total. The molecular weight excluding hydrogens is 330 g/mol. The van der Waals surface area contributed by atoms with Gasteiger partial charge in [0.1, 0.15) is 6.33 Å². The Morgan fingerprint density at radius 3 is 2.86 bits per heavy atom. The van der Waals surface area contributed by atoms with Crippen LogP contribution in [0.5, 0.6) is 0 Å². The van der Waals surface area contributed by atoms with Gasteiger partial charge in [0, 0.05) is 31.5 Å². The van der Waals surface area contributed by atoms with Crippen molar-refractivity contribution in [3.63, 3.8) is 0 Å². The highest BCUT2D eigenvalue weighted by molar-refractivity contribution is 7.99. The molecule has 0 saturated heterocycles. The predicted molar refractivity (Wildman–Crippen MR) is 80.0 cm³/mol. The molecule has 22 heavy (non-hydrogen) atoms. The summed E-state index contributed by atoms with van der Waals surface area (Å²) in [6, 6.07) is 4.91. The van der Waals surface area contributed by atoms with E-state index in [1.54, 1.807) is 17.9 Å². The van der Waals surface area contributed by atoms with Gasteiger partial charge in [0.05, 0.1) is 9.82 Å². The van der Waals surface area contributed by atoms with E-state index in [1.807, 2.05) is 0 Å². The molecule has 118 valence electrons. The van der Waals surface area contributed by atoms with Crippen LogP contribution in [0, 0.1) is 10.1 Å². The number of nitro benzene ring substituents is 1. The van der Waals surface area contributed by atoms with Crippen molar-refractivity contribution in [3.05, 3.63) is 40.7 Å². The Hall–Kier alpha value is -1.98. The molecule has 0 saturated carbocycles. The Morgan fingerprint density at radius 2 is 2.23 bits per heavy atom. The maximum Gasteiger partial charge on any atom is 0.270 e. The van der Waals surface area contributed by atoms with E-state index in [-0.39, 0.29) is 17.1 Å². The van der Waals surface area contributed by atoms with Gasteiger partial charge in [-0.25, -0.2) is 13.1 Å². The number of hydrogen-bond acceptors (Lipinski definition) is 7. The number of aryl methyl sites for hydroxylation is 1. The molecule has 1 heterocycles. The Bertz CT molecular complexity index is 774. The monoisotopic (exact) mass is 343 g/mol. The summed E-state index contributed by atoms with van der Waals surface area (Å²) >= 11 is 1.35. The van der Waals surface area contributed by atoms with Crippen LogP contribution < -0.4 is 4.72 Å². The lowest BCUT2D eigenvalue weighted by Crippen LogP contribution is -2.26. The highest BCUT2D eigenvalue weighted by Crippen LogP contribution is 2.17. The molecule has 0 amide bonds. The normalized spacial score (nSPS) is 11.5. The van der Waals surface area contributed by atoms with Crippen molar-refractivity contribution in [2.24, 2.45) is 7.05 Å². The number of nitrogens with one attached hydrogen (secondary N) is 1. The van der Waals surface area contributed by atoms with E-state index in [0.717, 1.165) is 6.07 Å². The van der Waals surface area contributed by atoms with E-state index in [2.05, 4.69) is 14.9 Å². The van der Waals surface area contributed by atoms with Gasteiger partial charge < -0.3 is 4.57 Å². The van der Waals surface area contributed by atoms with Crippen LogP contribution in [0.25, 0.3) is 0 Å². The number of non-ortho nitro benzene ring substituents is 1. The van der Waals surface area contributed by atoms with E-state index in [4.69, 9.17) is 0 Å². The van der Waals surface area contributed by atoms with Gasteiger partial charge in [0.15, 0.2) is 5.16 Å². The quantitative estimate of drug-likeness (QED) is 0.341. The number of sulfonamides is 1. The van der Waals surface area contributed by atoms with Crippen molar-refractivity contribution < 1.29 is 13.3 Å². The Balaban J connectivity index is 1.95. The molecule has 0 aliphatic carbocycles. The van der Waals surface area contributed by atoms with Crippen LogP contribution in [-0.2, 0) is 17.1 Å². The number of rotatable bonds is 7. The molecule has 0 atom stereocenters. The third kappa shape index (κ3) is 4.02. The topological polar surface area (TPSA) is 120 Å². The fourth-order valence-corrected chi connectivity index (χ4v) is 3.51. The second-order valence-electron chi connectivity index (χ2n) is 4.23. The largest absolute Gasteiger partial charge is 0.312 e. The van der Waals surface area contributed by atoms with Gasteiger partial charge in [-0.05, 0) is 6.07 Å². The molecule has 0 bridgehead atoms. The average molecular weight is 343 g/mol. The maximum atomic E-state index is 12.1. The molecule has 2 rings (SSSR count). The first kappa shape index (κ1) is 16.4. The molecule has 1 aromatic heterocycles. The van der Waals surface area contributed by atoms with Crippen molar-refractivity contribution in [2.45, 2.75) is 10.1 Å². The molecular formula is C11H13N5O4S2.